The highest BCUT2D eigenvalue weighted by molar-refractivity contribution is 5.67. The van der Waals surface area contributed by atoms with Crippen LogP contribution in [-0.4, -0.2) is 36.7 Å². The van der Waals surface area contributed by atoms with Crippen LogP contribution >= 0.6 is 0 Å². The standard InChI is InChI=1S/C11H22F2N2O2/c1-8(2)14-6-11(12,13)7-15-9(16)17-10(3,4)5/h8,14H,6-7H2,1-5H3,(H,15,16). The Kier molecular flexibility index (Phi) is 5.81. The number of alkyl carbamates (subject to hydrolysis) is 1. The molecule has 0 aromatic heterocycles. The Hall–Kier alpha value is -0.910. The molecule has 0 atom stereocenters. The molecule has 0 fully saturated rings. The van der Waals surface area contributed by atoms with E-state index in [2.05, 4.69) is 10.6 Å². The van der Waals surface area contributed by atoms with E-state index in [4.69, 9.17) is 4.74 Å². The molecule has 4 nitrogen and oxygen atoms in total. The molecule has 0 aliphatic carbocycles. The van der Waals surface area contributed by atoms with Gasteiger partial charge in [-0.1, -0.05) is 13.8 Å². The summed E-state index contributed by atoms with van der Waals surface area (Å²) in [6.07, 6.45) is -0.832. The fraction of sp³-hybridized carbons (Fsp3) is 0.909. The van der Waals surface area contributed by atoms with Gasteiger partial charge >= 0.3 is 6.09 Å². The number of carbonyl (C=O) groups is 1. The van der Waals surface area contributed by atoms with Gasteiger partial charge in [0.15, 0.2) is 0 Å². The first-order valence-electron chi connectivity index (χ1n) is 5.60. The van der Waals surface area contributed by atoms with Crippen molar-refractivity contribution in [1.82, 2.24) is 10.6 Å². The van der Waals surface area contributed by atoms with Gasteiger partial charge in [-0.25, -0.2) is 13.6 Å². The van der Waals surface area contributed by atoms with Crippen molar-refractivity contribution in [2.45, 2.75) is 52.2 Å². The first-order chi connectivity index (χ1) is 7.52. The van der Waals surface area contributed by atoms with Crippen LogP contribution < -0.4 is 10.6 Å². The maximum Gasteiger partial charge on any atom is 0.407 e. The Morgan fingerprint density at radius 1 is 1.24 bits per heavy atom. The lowest BCUT2D eigenvalue weighted by Gasteiger charge is -2.22. The zero-order valence-electron chi connectivity index (χ0n) is 11.1. The second kappa shape index (κ2) is 6.14. The smallest absolute Gasteiger partial charge is 0.407 e. The molecule has 102 valence electrons. The quantitative estimate of drug-likeness (QED) is 0.788. The molecule has 0 aromatic rings. The largest absolute Gasteiger partial charge is 0.444 e. The van der Waals surface area contributed by atoms with Crippen LogP contribution in [0.1, 0.15) is 34.6 Å². The molecule has 17 heavy (non-hydrogen) atoms. The predicted molar refractivity (Wildman–Crippen MR) is 62.3 cm³/mol. The van der Waals surface area contributed by atoms with Crippen LogP contribution in [0, 0.1) is 0 Å². The van der Waals surface area contributed by atoms with Gasteiger partial charge in [0.1, 0.15) is 5.60 Å². The van der Waals surface area contributed by atoms with Gasteiger partial charge in [-0.15, -0.1) is 0 Å². The molecule has 1 amide bonds. The minimum atomic E-state index is -2.98. The second-order valence-electron chi connectivity index (χ2n) is 5.25. The molecule has 0 bridgehead atoms. The lowest BCUT2D eigenvalue weighted by Crippen LogP contribution is -2.46. The minimum Gasteiger partial charge on any atom is -0.444 e. The highest BCUT2D eigenvalue weighted by Gasteiger charge is 2.30. The molecule has 0 aliphatic rings. The van der Waals surface area contributed by atoms with E-state index < -0.39 is 30.7 Å². The third kappa shape index (κ3) is 9.99. The van der Waals surface area contributed by atoms with Crippen molar-refractivity contribution in [3.63, 3.8) is 0 Å². The van der Waals surface area contributed by atoms with E-state index in [0.717, 1.165) is 0 Å². The predicted octanol–water partition coefficient (Wildman–Crippen LogP) is 2.14. The molecule has 0 rings (SSSR count). The highest BCUT2D eigenvalue weighted by atomic mass is 19.3. The van der Waals surface area contributed by atoms with Crippen molar-refractivity contribution in [3.8, 4) is 0 Å². The lowest BCUT2D eigenvalue weighted by atomic mass is 10.2. The van der Waals surface area contributed by atoms with E-state index in [1.54, 1.807) is 34.6 Å². The molecule has 0 unspecified atom stereocenters. The zero-order chi connectivity index (χ0) is 13.7. The van der Waals surface area contributed by atoms with E-state index in [1.807, 2.05) is 0 Å². The number of halogens is 2. The Labute approximate surface area is 101 Å². The SMILES string of the molecule is CC(C)NCC(F)(F)CNC(=O)OC(C)(C)C. The molecule has 0 aromatic carbocycles. The Morgan fingerprint density at radius 2 is 1.76 bits per heavy atom. The Morgan fingerprint density at radius 3 is 2.18 bits per heavy atom. The maximum absolute atomic E-state index is 13.2. The summed E-state index contributed by atoms with van der Waals surface area (Å²) in [6.45, 7) is 7.36. The maximum atomic E-state index is 13.2. The average Bonchev–Trinajstić information content (AvgIpc) is 2.09. The van der Waals surface area contributed by atoms with E-state index >= 15 is 0 Å². The van der Waals surface area contributed by atoms with Crippen LogP contribution in [0.2, 0.25) is 0 Å². The fourth-order valence-corrected chi connectivity index (χ4v) is 0.932. The van der Waals surface area contributed by atoms with Gasteiger partial charge in [0.05, 0.1) is 13.1 Å². The topological polar surface area (TPSA) is 50.4 Å². The summed E-state index contributed by atoms with van der Waals surface area (Å²) >= 11 is 0. The van der Waals surface area contributed by atoms with Crippen LogP contribution in [0.4, 0.5) is 13.6 Å². The lowest BCUT2D eigenvalue weighted by molar-refractivity contribution is -0.00483. The number of nitrogens with one attached hydrogen (secondary N) is 2. The minimum absolute atomic E-state index is 0.0256. The monoisotopic (exact) mass is 252 g/mol. The van der Waals surface area contributed by atoms with Gasteiger partial charge in [0.2, 0.25) is 0 Å². The molecule has 0 radical (unpaired) electrons. The van der Waals surface area contributed by atoms with Gasteiger partial charge in [-0.2, -0.15) is 0 Å². The zero-order valence-corrected chi connectivity index (χ0v) is 11.1. The second-order valence-corrected chi connectivity index (χ2v) is 5.25. The van der Waals surface area contributed by atoms with Crippen LogP contribution in [0.3, 0.4) is 0 Å². The number of rotatable bonds is 5. The van der Waals surface area contributed by atoms with Crippen molar-refractivity contribution in [3.05, 3.63) is 0 Å². The molecular weight excluding hydrogens is 230 g/mol. The first kappa shape index (κ1) is 16.1. The van der Waals surface area contributed by atoms with Crippen molar-refractivity contribution in [2.24, 2.45) is 0 Å². The van der Waals surface area contributed by atoms with Crippen molar-refractivity contribution in [1.29, 1.82) is 0 Å². The Balaban J connectivity index is 3.96. The molecule has 0 aliphatic heterocycles. The number of hydrogen-bond donors (Lipinski definition) is 2. The van der Waals surface area contributed by atoms with Crippen LogP contribution in [-0.2, 0) is 4.74 Å². The summed E-state index contributed by atoms with van der Waals surface area (Å²) in [5.41, 5.74) is -0.685. The highest BCUT2D eigenvalue weighted by Crippen LogP contribution is 2.11. The molecule has 0 heterocycles. The van der Waals surface area contributed by atoms with Gasteiger partial charge in [-0.05, 0) is 20.8 Å². The molecule has 0 spiro atoms. The van der Waals surface area contributed by atoms with Crippen LogP contribution in [0.15, 0.2) is 0 Å². The summed E-state index contributed by atoms with van der Waals surface area (Å²) in [5.74, 6) is -2.98. The van der Waals surface area contributed by atoms with Crippen molar-refractivity contribution >= 4 is 6.09 Å². The summed E-state index contributed by atoms with van der Waals surface area (Å²) < 4.78 is 31.3. The molecule has 6 heteroatoms. The molecule has 0 saturated heterocycles. The molecule has 2 N–H and O–H groups in total. The number of alkyl halides is 2. The molecular formula is C11H22F2N2O2. The number of hydrogen-bond acceptors (Lipinski definition) is 3. The normalized spacial score (nSPS) is 12.7. The van der Waals surface area contributed by atoms with E-state index in [9.17, 15) is 13.6 Å². The number of carbonyl (C=O) groups excluding carboxylic acids is 1. The fourth-order valence-electron chi connectivity index (χ4n) is 0.932. The van der Waals surface area contributed by atoms with Crippen molar-refractivity contribution < 1.29 is 18.3 Å². The third-order valence-corrected chi connectivity index (χ3v) is 1.66. The van der Waals surface area contributed by atoms with Crippen molar-refractivity contribution in [2.75, 3.05) is 13.1 Å². The van der Waals surface area contributed by atoms with Gasteiger partial charge in [-0.3, -0.25) is 0 Å². The summed E-state index contributed by atoms with van der Waals surface area (Å²) in [4.78, 5) is 11.2. The van der Waals surface area contributed by atoms with E-state index in [1.165, 1.54) is 0 Å². The van der Waals surface area contributed by atoms with Crippen LogP contribution in [0.5, 0.6) is 0 Å². The average molecular weight is 252 g/mol. The summed E-state index contributed by atoms with van der Waals surface area (Å²) in [7, 11) is 0. The number of amides is 1. The van der Waals surface area contributed by atoms with Crippen LogP contribution in [0.25, 0.3) is 0 Å². The molecule has 0 saturated carbocycles. The first-order valence-corrected chi connectivity index (χ1v) is 5.60. The van der Waals surface area contributed by atoms with E-state index in [0.29, 0.717) is 0 Å². The Bertz CT molecular complexity index is 250. The summed E-state index contributed by atoms with van der Waals surface area (Å²) in [5, 5.41) is 4.67. The van der Waals surface area contributed by atoms with Gasteiger partial charge in [0.25, 0.3) is 5.92 Å². The third-order valence-electron chi connectivity index (χ3n) is 1.66. The summed E-state index contributed by atoms with van der Waals surface area (Å²) in [6, 6.07) is -0.0256. The van der Waals surface area contributed by atoms with Gasteiger partial charge < -0.3 is 15.4 Å². The van der Waals surface area contributed by atoms with E-state index in [-0.39, 0.29) is 6.04 Å². The number of ether oxygens (including phenoxy) is 1. The van der Waals surface area contributed by atoms with Gasteiger partial charge in [0, 0.05) is 6.04 Å².